The van der Waals surface area contributed by atoms with Gasteiger partial charge in [-0.25, -0.2) is 4.68 Å². The van der Waals surface area contributed by atoms with E-state index in [-0.39, 0.29) is 12.5 Å². The highest BCUT2D eigenvalue weighted by Crippen LogP contribution is 2.15. The van der Waals surface area contributed by atoms with E-state index in [4.69, 9.17) is 4.52 Å². The van der Waals surface area contributed by atoms with Crippen molar-refractivity contribution in [3.05, 3.63) is 72.4 Å². The summed E-state index contributed by atoms with van der Waals surface area (Å²) in [6, 6.07) is 16.4. The number of hydrogen-bond donors (Lipinski definition) is 1. The molecule has 2 heterocycles. The summed E-state index contributed by atoms with van der Waals surface area (Å²) in [5, 5.41) is 17.6. The Labute approximate surface area is 147 Å². The van der Waals surface area contributed by atoms with Gasteiger partial charge in [0.25, 0.3) is 5.91 Å². The van der Waals surface area contributed by atoms with Crippen LogP contribution in [-0.2, 0) is 6.54 Å². The number of amides is 1. The molecular weight excluding hydrogens is 334 g/mol. The molecule has 1 amide bonds. The Morgan fingerprint density at radius 3 is 2.81 bits per heavy atom. The summed E-state index contributed by atoms with van der Waals surface area (Å²) >= 11 is 0. The summed E-state index contributed by atoms with van der Waals surface area (Å²) in [4.78, 5) is 16.6. The molecule has 0 aliphatic rings. The fourth-order valence-electron chi connectivity index (χ4n) is 2.36. The molecule has 1 N–H and O–H groups in total. The fraction of sp³-hybridized carbons (Fsp3) is 0.0588. The largest absolute Gasteiger partial charge is 0.343 e. The van der Waals surface area contributed by atoms with Crippen LogP contribution in [-0.4, -0.2) is 36.3 Å². The molecule has 4 aromatic rings. The maximum atomic E-state index is 12.4. The van der Waals surface area contributed by atoms with Crippen molar-refractivity contribution in [3.63, 3.8) is 0 Å². The van der Waals surface area contributed by atoms with Gasteiger partial charge in [0, 0.05) is 11.1 Å². The lowest BCUT2D eigenvalue weighted by Crippen LogP contribution is -2.23. The van der Waals surface area contributed by atoms with Crippen molar-refractivity contribution < 1.29 is 9.32 Å². The molecule has 0 fully saturated rings. The normalized spacial score (nSPS) is 10.6. The molecule has 2 aromatic heterocycles. The van der Waals surface area contributed by atoms with Crippen LogP contribution in [0.3, 0.4) is 0 Å². The Morgan fingerprint density at radius 2 is 2.00 bits per heavy atom. The van der Waals surface area contributed by atoms with Gasteiger partial charge in [-0.15, -0.1) is 5.10 Å². The average Bonchev–Trinajstić information content (AvgIpc) is 3.39. The van der Waals surface area contributed by atoms with E-state index in [9.17, 15) is 4.79 Å². The predicted octanol–water partition coefficient (Wildman–Crippen LogP) is 1.64. The molecule has 0 saturated heterocycles. The number of nitrogens with zero attached hydrogens (tertiary/aromatic N) is 6. The summed E-state index contributed by atoms with van der Waals surface area (Å²) in [6.07, 6.45) is 1.46. The van der Waals surface area contributed by atoms with E-state index in [2.05, 4.69) is 31.0 Å². The van der Waals surface area contributed by atoms with Crippen LogP contribution < -0.4 is 5.32 Å². The summed E-state index contributed by atoms with van der Waals surface area (Å²) in [7, 11) is 0. The van der Waals surface area contributed by atoms with Crippen molar-refractivity contribution in [1.29, 1.82) is 0 Å². The zero-order valence-corrected chi connectivity index (χ0v) is 13.5. The number of carbonyl (C=O) groups excluding carboxylic acids is 1. The fourth-order valence-corrected chi connectivity index (χ4v) is 2.36. The number of tetrazole rings is 1. The highest BCUT2D eigenvalue weighted by molar-refractivity contribution is 5.94. The second-order valence-electron chi connectivity index (χ2n) is 5.37. The highest BCUT2D eigenvalue weighted by Gasteiger charge is 2.11. The maximum absolute atomic E-state index is 12.4. The van der Waals surface area contributed by atoms with Crippen LogP contribution in [0.1, 0.15) is 16.2 Å². The molecule has 4 rings (SSSR count). The lowest BCUT2D eigenvalue weighted by Gasteiger charge is -2.04. The second kappa shape index (κ2) is 6.93. The maximum Gasteiger partial charge on any atom is 0.251 e. The van der Waals surface area contributed by atoms with Gasteiger partial charge < -0.3 is 9.84 Å². The monoisotopic (exact) mass is 347 g/mol. The van der Waals surface area contributed by atoms with Gasteiger partial charge in [-0.05, 0) is 28.6 Å². The van der Waals surface area contributed by atoms with Crippen molar-refractivity contribution in [2.45, 2.75) is 6.54 Å². The molecule has 128 valence electrons. The van der Waals surface area contributed by atoms with Crippen LogP contribution >= 0.6 is 0 Å². The van der Waals surface area contributed by atoms with Crippen LogP contribution in [0.4, 0.5) is 0 Å². The van der Waals surface area contributed by atoms with E-state index >= 15 is 0 Å². The lowest BCUT2D eigenvalue weighted by atomic mass is 10.2. The van der Waals surface area contributed by atoms with Crippen LogP contribution in [0.5, 0.6) is 0 Å². The quantitative estimate of drug-likeness (QED) is 0.584. The topological polar surface area (TPSA) is 112 Å². The van der Waals surface area contributed by atoms with Gasteiger partial charge in [-0.1, -0.05) is 41.6 Å². The van der Waals surface area contributed by atoms with E-state index < -0.39 is 0 Å². The van der Waals surface area contributed by atoms with Gasteiger partial charge in [0.2, 0.25) is 11.7 Å². The Kier molecular flexibility index (Phi) is 4.17. The standard InChI is InChI=1S/C17H13N7O2/c25-17(13-7-4-8-14(9-13)24-11-19-22-23-24)18-10-15-20-16(21-26-15)12-5-2-1-3-6-12/h1-9,11H,10H2,(H,18,25). The summed E-state index contributed by atoms with van der Waals surface area (Å²) < 4.78 is 6.65. The minimum Gasteiger partial charge on any atom is -0.343 e. The van der Waals surface area contributed by atoms with Crippen LogP contribution in [0.25, 0.3) is 17.1 Å². The minimum absolute atomic E-state index is 0.133. The van der Waals surface area contributed by atoms with Crippen molar-refractivity contribution in [2.75, 3.05) is 0 Å². The number of nitrogens with one attached hydrogen (secondary N) is 1. The number of carbonyl (C=O) groups is 1. The molecule has 0 radical (unpaired) electrons. The molecule has 0 spiro atoms. The molecule has 0 bridgehead atoms. The molecule has 0 saturated carbocycles. The first-order valence-electron chi connectivity index (χ1n) is 7.79. The highest BCUT2D eigenvalue weighted by atomic mass is 16.5. The Balaban J connectivity index is 1.43. The van der Waals surface area contributed by atoms with Crippen molar-refractivity contribution >= 4 is 5.91 Å². The van der Waals surface area contributed by atoms with E-state index in [0.29, 0.717) is 23.0 Å². The summed E-state index contributed by atoms with van der Waals surface area (Å²) in [6.45, 7) is 0.133. The Morgan fingerprint density at radius 1 is 1.12 bits per heavy atom. The molecule has 0 aliphatic carbocycles. The number of hydrogen-bond acceptors (Lipinski definition) is 7. The predicted molar refractivity (Wildman–Crippen MR) is 90.1 cm³/mol. The third-order valence-corrected chi connectivity index (χ3v) is 3.62. The number of benzene rings is 2. The van der Waals surface area contributed by atoms with Gasteiger partial charge >= 0.3 is 0 Å². The first-order valence-corrected chi connectivity index (χ1v) is 7.79. The molecule has 2 aromatic carbocycles. The molecular formula is C17H13N7O2. The van der Waals surface area contributed by atoms with E-state index in [1.807, 2.05) is 30.3 Å². The van der Waals surface area contributed by atoms with Crippen molar-refractivity contribution in [1.82, 2.24) is 35.7 Å². The average molecular weight is 347 g/mol. The van der Waals surface area contributed by atoms with Crippen LogP contribution in [0, 0.1) is 0 Å². The third kappa shape index (κ3) is 3.31. The zero-order chi connectivity index (χ0) is 17.8. The second-order valence-corrected chi connectivity index (χ2v) is 5.37. The van der Waals surface area contributed by atoms with Gasteiger partial charge in [0.15, 0.2) is 0 Å². The number of aromatic nitrogens is 6. The van der Waals surface area contributed by atoms with Crippen LogP contribution in [0.15, 0.2) is 65.4 Å². The first kappa shape index (κ1) is 15.6. The van der Waals surface area contributed by atoms with Gasteiger partial charge in [0.05, 0.1) is 12.2 Å². The van der Waals surface area contributed by atoms with Crippen molar-refractivity contribution in [3.8, 4) is 17.1 Å². The Hall–Kier alpha value is -3.88. The molecule has 0 unspecified atom stereocenters. The smallest absolute Gasteiger partial charge is 0.251 e. The first-order chi connectivity index (χ1) is 12.8. The zero-order valence-electron chi connectivity index (χ0n) is 13.5. The third-order valence-electron chi connectivity index (χ3n) is 3.62. The van der Waals surface area contributed by atoms with E-state index in [1.54, 1.807) is 24.3 Å². The van der Waals surface area contributed by atoms with Gasteiger partial charge in [0.1, 0.15) is 6.33 Å². The lowest BCUT2D eigenvalue weighted by molar-refractivity contribution is 0.0946. The molecule has 26 heavy (non-hydrogen) atoms. The molecule has 9 nitrogen and oxygen atoms in total. The molecule has 0 atom stereocenters. The summed E-state index contributed by atoms with van der Waals surface area (Å²) in [5.74, 6) is 0.545. The number of rotatable bonds is 5. The SMILES string of the molecule is O=C(NCc1nc(-c2ccccc2)no1)c1cccc(-n2cnnn2)c1. The van der Waals surface area contributed by atoms with Gasteiger partial charge in [-0.2, -0.15) is 4.98 Å². The van der Waals surface area contributed by atoms with E-state index in [1.165, 1.54) is 11.0 Å². The van der Waals surface area contributed by atoms with Crippen LogP contribution in [0.2, 0.25) is 0 Å². The molecule has 0 aliphatic heterocycles. The van der Waals surface area contributed by atoms with Crippen molar-refractivity contribution in [2.24, 2.45) is 0 Å². The summed E-state index contributed by atoms with van der Waals surface area (Å²) in [5.41, 5.74) is 2.01. The Bertz CT molecular complexity index is 1010. The molecule has 9 heteroatoms. The minimum atomic E-state index is -0.264. The van der Waals surface area contributed by atoms with E-state index in [0.717, 1.165) is 5.56 Å². The van der Waals surface area contributed by atoms with Gasteiger partial charge in [-0.3, -0.25) is 4.79 Å².